The van der Waals surface area contributed by atoms with Crippen LogP contribution in [0.2, 0.25) is 0 Å². The van der Waals surface area contributed by atoms with Crippen molar-refractivity contribution in [2.45, 2.75) is 11.3 Å². The number of nitrogens with zero attached hydrogens (tertiary/aromatic N) is 1. The third-order valence-electron chi connectivity index (χ3n) is 3.47. The largest absolute Gasteiger partial charge is 0.481 e. The molecule has 2 aromatic carbocycles. The number of sulfonamides is 1. The van der Waals surface area contributed by atoms with Crippen LogP contribution in [0.5, 0.6) is 5.75 Å². The van der Waals surface area contributed by atoms with Crippen LogP contribution in [0.25, 0.3) is 0 Å². The van der Waals surface area contributed by atoms with E-state index in [1.165, 1.54) is 12.1 Å². The van der Waals surface area contributed by atoms with E-state index in [1.807, 2.05) is 24.3 Å². The zero-order chi connectivity index (χ0) is 19.7. The molecule has 0 amide bonds. The molecule has 0 bridgehead atoms. The number of rotatable bonds is 8. The van der Waals surface area contributed by atoms with Gasteiger partial charge in [0.2, 0.25) is 10.0 Å². The summed E-state index contributed by atoms with van der Waals surface area (Å²) >= 11 is 0. The van der Waals surface area contributed by atoms with E-state index in [0.717, 1.165) is 17.7 Å². The van der Waals surface area contributed by atoms with Crippen molar-refractivity contribution in [2.24, 2.45) is 0 Å². The lowest BCUT2D eigenvalue weighted by Crippen LogP contribution is -2.24. The van der Waals surface area contributed by atoms with Crippen molar-refractivity contribution in [3.05, 3.63) is 76.9 Å². The number of allylic oxidation sites excluding steroid dienone is 1. The normalized spacial score (nSPS) is 10.5. The first-order valence-corrected chi connectivity index (χ1v) is 9.44. The summed E-state index contributed by atoms with van der Waals surface area (Å²) in [5, 5.41) is 10.6. The average Bonchev–Trinajstić information content (AvgIpc) is 2.66. The van der Waals surface area contributed by atoms with Gasteiger partial charge in [0.25, 0.3) is 5.69 Å². The Hall–Kier alpha value is -3.15. The predicted octanol–water partition coefficient (Wildman–Crippen LogP) is 2.68. The average molecular weight is 386 g/mol. The molecule has 0 unspecified atom stereocenters. The van der Waals surface area contributed by atoms with Crippen LogP contribution in [0.15, 0.2) is 66.1 Å². The second-order valence-electron chi connectivity index (χ2n) is 5.32. The van der Waals surface area contributed by atoms with Crippen molar-refractivity contribution < 1.29 is 18.1 Å². The van der Waals surface area contributed by atoms with E-state index in [2.05, 4.69) is 23.1 Å². The molecule has 2 aromatic rings. The molecule has 8 heteroatoms. The van der Waals surface area contributed by atoms with E-state index in [9.17, 15) is 18.5 Å². The number of ether oxygens (including phenoxy) is 1. The van der Waals surface area contributed by atoms with Crippen LogP contribution < -0.4 is 9.46 Å². The van der Waals surface area contributed by atoms with Gasteiger partial charge in [0.05, 0.1) is 16.4 Å². The van der Waals surface area contributed by atoms with Crippen LogP contribution in [0.3, 0.4) is 0 Å². The van der Waals surface area contributed by atoms with Gasteiger partial charge in [0, 0.05) is 12.1 Å². The number of hydrogen-bond acceptors (Lipinski definition) is 5. The molecule has 140 valence electrons. The second-order valence-corrected chi connectivity index (χ2v) is 7.09. The molecule has 0 saturated carbocycles. The third kappa shape index (κ3) is 5.95. The van der Waals surface area contributed by atoms with Gasteiger partial charge in [0.1, 0.15) is 12.4 Å². The maximum atomic E-state index is 12.1. The summed E-state index contributed by atoms with van der Waals surface area (Å²) < 4.78 is 32.1. The monoisotopic (exact) mass is 386 g/mol. The highest BCUT2D eigenvalue weighted by Gasteiger charge is 2.14. The molecule has 0 aliphatic carbocycles. The van der Waals surface area contributed by atoms with Crippen LogP contribution in [0.1, 0.15) is 5.56 Å². The second kappa shape index (κ2) is 9.52. The number of nitro groups is 1. The molecule has 0 aliphatic heterocycles. The van der Waals surface area contributed by atoms with Crippen molar-refractivity contribution in [1.82, 2.24) is 4.72 Å². The highest BCUT2D eigenvalue weighted by Crippen LogP contribution is 2.18. The van der Waals surface area contributed by atoms with Crippen molar-refractivity contribution in [1.29, 1.82) is 0 Å². The summed E-state index contributed by atoms with van der Waals surface area (Å²) in [5.41, 5.74) is 0.816. The van der Waals surface area contributed by atoms with Crippen molar-refractivity contribution in [3.63, 3.8) is 0 Å². The molecule has 0 radical (unpaired) electrons. The fourth-order valence-corrected chi connectivity index (χ4v) is 3.08. The number of nitrogens with one attached hydrogen (secondary N) is 1. The molecule has 7 nitrogen and oxygen atoms in total. The number of para-hydroxylation sites is 1. The molecule has 0 heterocycles. The molecular weight excluding hydrogens is 368 g/mol. The highest BCUT2D eigenvalue weighted by molar-refractivity contribution is 7.89. The minimum atomic E-state index is -3.78. The van der Waals surface area contributed by atoms with E-state index in [1.54, 1.807) is 6.08 Å². The lowest BCUT2D eigenvalue weighted by atomic mass is 10.1. The zero-order valence-corrected chi connectivity index (χ0v) is 15.2. The van der Waals surface area contributed by atoms with Gasteiger partial charge in [-0.1, -0.05) is 36.1 Å². The Labute approximate surface area is 157 Å². The molecule has 0 aliphatic rings. The molecule has 0 saturated heterocycles. The fraction of sp³-hybridized carbons (Fsp3) is 0.158. The molecule has 1 N–H and O–H groups in total. The lowest BCUT2D eigenvalue weighted by molar-refractivity contribution is -0.384. The molecule has 0 aromatic heterocycles. The third-order valence-corrected chi connectivity index (χ3v) is 4.89. The highest BCUT2D eigenvalue weighted by atomic mass is 32.2. The van der Waals surface area contributed by atoms with Gasteiger partial charge in [-0.05, 0) is 30.2 Å². The predicted molar refractivity (Wildman–Crippen MR) is 102 cm³/mol. The first kappa shape index (κ1) is 20.2. The summed E-state index contributed by atoms with van der Waals surface area (Å²) in [6.45, 7) is 3.72. The lowest BCUT2D eigenvalue weighted by Gasteiger charge is -2.07. The van der Waals surface area contributed by atoms with Gasteiger partial charge in [0.15, 0.2) is 0 Å². The Bertz CT molecular complexity index is 973. The Kier molecular flexibility index (Phi) is 7.11. The Balaban J connectivity index is 1.87. The number of benzene rings is 2. The smallest absolute Gasteiger partial charge is 0.269 e. The Morgan fingerprint density at radius 1 is 1.15 bits per heavy atom. The van der Waals surface area contributed by atoms with Gasteiger partial charge in [-0.3, -0.25) is 10.1 Å². The van der Waals surface area contributed by atoms with Crippen LogP contribution in [0.4, 0.5) is 5.69 Å². The van der Waals surface area contributed by atoms with E-state index >= 15 is 0 Å². The van der Waals surface area contributed by atoms with E-state index < -0.39 is 14.9 Å². The van der Waals surface area contributed by atoms with Crippen molar-refractivity contribution in [3.8, 4) is 17.6 Å². The topological polar surface area (TPSA) is 98.5 Å². The van der Waals surface area contributed by atoms with Gasteiger partial charge < -0.3 is 4.74 Å². The Morgan fingerprint density at radius 2 is 1.85 bits per heavy atom. The zero-order valence-electron chi connectivity index (χ0n) is 14.4. The summed E-state index contributed by atoms with van der Waals surface area (Å²) in [6.07, 6.45) is 2.46. The van der Waals surface area contributed by atoms with E-state index in [0.29, 0.717) is 12.2 Å². The van der Waals surface area contributed by atoms with Crippen LogP contribution in [-0.2, 0) is 16.4 Å². The van der Waals surface area contributed by atoms with Gasteiger partial charge in [-0.15, -0.1) is 6.58 Å². The molecular formula is C19H18N2O5S. The number of nitro benzene ring substituents is 1. The van der Waals surface area contributed by atoms with Gasteiger partial charge in [-0.25, -0.2) is 8.42 Å². The van der Waals surface area contributed by atoms with Crippen LogP contribution in [-0.4, -0.2) is 26.5 Å². The minimum absolute atomic E-state index is 0.0653. The van der Waals surface area contributed by atoms with E-state index in [4.69, 9.17) is 4.74 Å². The maximum Gasteiger partial charge on any atom is 0.269 e. The van der Waals surface area contributed by atoms with Crippen LogP contribution >= 0.6 is 0 Å². The van der Waals surface area contributed by atoms with Crippen molar-refractivity contribution >= 4 is 15.7 Å². The Morgan fingerprint density at radius 3 is 2.52 bits per heavy atom. The van der Waals surface area contributed by atoms with Gasteiger partial charge in [-0.2, -0.15) is 4.72 Å². The SMILES string of the molecule is C=CCc1ccccc1OCC#CCNS(=O)(=O)c1ccc([N+](=O)[O-])cc1. The molecule has 0 atom stereocenters. The van der Waals surface area contributed by atoms with Gasteiger partial charge >= 0.3 is 0 Å². The number of hydrogen-bond donors (Lipinski definition) is 1. The number of non-ortho nitro benzene ring substituents is 1. The summed E-state index contributed by atoms with van der Waals surface area (Å²) in [7, 11) is -3.78. The molecule has 0 spiro atoms. The first-order valence-electron chi connectivity index (χ1n) is 7.95. The minimum Gasteiger partial charge on any atom is -0.481 e. The molecule has 27 heavy (non-hydrogen) atoms. The van der Waals surface area contributed by atoms with E-state index in [-0.39, 0.29) is 23.7 Å². The summed E-state index contributed by atoms with van der Waals surface area (Å²) in [4.78, 5) is 9.94. The summed E-state index contributed by atoms with van der Waals surface area (Å²) in [6, 6.07) is 12.1. The van der Waals surface area contributed by atoms with Crippen LogP contribution in [0, 0.1) is 22.0 Å². The molecule has 0 fully saturated rings. The first-order chi connectivity index (χ1) is 12.9. The standard InChI is InChI=1S/C19H18N2O5S/c1-2-7-16-8-3-4-9-19(16)26-15-6-5-14-20-27(24,25)18-12-10-17(11-13-18)21(22)23/h2-4,8-13,20H,1,7,14-15H2. The fourth-order valence-electron chi connectivity index (χ4n) is 2.16. The molecule has 2 rings (SSSR count). The quantitative estimate of drug-likeness (QED) is 0.325. The summed E-state index contributed by atoms with van der Waals surface area (Å²) in [5.74, 6) is 6.11. The van der Waals surface area contributed by atoms with Crippen molar-refractivity contribution in [2.75, 3.05) is 13.2 Å². The maximum absolute atomic E-state index is 12.1.